The third kappa shape index (κ3) is 9.02. The van der Waals surface area contributed by atoms with E-state index in [1.165, 1.54) is 0 Å². The van der Waals surface area contributed by atoms with E-state index in [-0.39, 0.29) is 0 Å². The van der Waals surface area contributed by atoms with Crippen molar-refractivity contribution in [2.45, 2.75) is 0 Å². The predicted molar refractivity (Wildman–Crippen MR) is 17.6 cm³/mol. The van der Waals surface area contributed by atoms with Gasteiger partial charge in [0.2, 0.25) is 0 Å². The van der Waals surface area contributed by atoms with Crippen molar-refractivity contribution in [3.63, 3.8) is 0 Å². The Morgan fingerprint density at radius 2 is 1.00 bits per heavy atom. The van der Waals surface area contributed by atoms with Crippen LogP contribution in [0, 0.1) is 0 Å². The molecule has 0 radical (unpaired) electrons. The Morgan fingerprint density at radius 3 is 1.00 bits per heavy atom. The molecular formula is Cl3Y. The van der Waals surface area contributed by atoms with Crippen LogP contribution in [0.25, 0.3) is 0 Å². The van der Waals surface area contributed by atoms with Crippen molar-refractivity contribution in [3.05, 3.63) is 0 Å². The van der Waals surface area contributed by atoms with E-state index in [4.69, 9.17) is 22.0 Å². The molecule has 0 heterocycles. The molecule has 0 unspecified atom stereocenters. The van der Waals surface area contributed by atoms with Crippen molar-refractivity contribution in [2.24, 2.45) is 0 Å². The van der Waals surface area contributed by atoms with Gasteiger partial charge in [0.15, 0.2) is 0 Å². The summed E-state index contributed by atoms with van der Waals surface area (Å²) in [4.78, 5) is 0. The van der Waals surface area contributed by atoms with Crippen molar-refractivity contribution in [1.82, 2.24) is 0 Å². The third-order valence-corrected chi connectivity index (χ3v) is 0. The molecule has 0 saturated heterocycles. The quantitative estimate of drug-likeness (QED) is 0.557. The standard InChI is InChI=1S/3ClH.Y/h3*1H;/q;;;+3/p-3/i;;;1+2. The van der Waals surface area contributed by atoms with Crippen molar-refractivity contribution >= 4 is 22.0 Å². The van der Waals surface area contributed by atoms with Gasteiger partial charge in [0.05, 0.1) is 0 Å². The van der Waals surface area contributed by atoms with Gasteiger partial charge in [0.1, 0.15) is 0 Å². The molecule has 0 rings (SSSR count). The average Bonchev–Trinajstić information content (AvgIpc) is 0.811. The Hall–Kier alpha value is 1.97. The number of rotatable bonds is 0. The molecule has 0 aromatic heterocycles. The monoisotopic (exact) mass is 196 g/mol. The molecule has 0 N–H and O–H groups in total. The van der Waals surface area contributed by atoms with Crippen LogP contribution in [0.3, 0.4) is 0 Å². The number of hydrogen-bond donors (Lipinski definition) is 0. The predicted octanol–water partition coefficient (Wildman–Crippen LogP) is 2.07. The molecule has 24 valence electrons. The van der Waals surface area contributed by atoms with Gasteiger partial charge in [-0.2, -0.15) is 0 Å². The van der Waals surface area contributed by atoms with Gasteiger partial charge in [-0.15, -0.1) is 0 Å². The molecule has 0 aliphatic carbocycles. The average molecular weight is 197 g/mol. The zero-order chi connectivity index (χ0) is 3.58. The fourth-order valence-corrected chi connectivity index (χ4v) is 0. The van der Waals surface area contributed by atoms with Crippen molar-refractivity contribution in [3.8, 4) is 0 Å². The zero-order valence-corrected chi connectivity index (χ0v) is 6.82. The Bertz CT molecular complexity index is 8.00. The van der Waals surface area contributed by atoms with Gasteiger partial charge in [-0.1, -0.05) is 0 Å². The molecule has 0 spiro atoms. The van der Waals surface area contributed by atoms with Crippen LogP contribution in [0.4, 0.5) is 0 Å². The van der Waals surface area contributed by atoms with Crippen LogP contribution in [0.1, 0.15) is 0 Å². The van der Waals surface area contributed by atoms with Gasteiger partial charge in [-0.05, 0) is 0 Å². The molecule has 0 atom stereocenters. The van der Waals surface area contributed by atoms with E-state index in [1.807, 2.05) is 0 Å². The normalized spacial score (nSPS) is 6.75. The van der Waals surface area contributed by atoms with Gasteiger partial charge in [-0.25, -0.2) is 0 Å². The maximum atomic E-state index is 5.02. The van der Waals surface area contributed by atoms with E-state index >= 15 is 0 Å². The minimum atomic E-state index is -2.22. The van der Waals surface area contributed by atoms with Crippen LogP contribution in [-0.2, 0) is 23.3 Å². The molecule has 0 bridgehead atoms. The van der Waals surface area contributed by atoms with E-state index in [0.29, 0.717) is 0 Å². The van der Waals surface area contributed by atoms with E-state index in [2.05, 4.69) is 0 Å². The second-order valence-corrected chi connectivity index (χ2v) is 13.2. The third-order valence-electron chi connectivity index (χ3n) is 0. The number of halogens is 3. The summed E-state index contributed by atoms with van der Waals surface area (Å²) in [5.41, 5.74) is 0. The minimum absolute atomic E-state index is 2.22. The van der Waals surface area contributed by atoms with Crippen LogP contribution in [0.5, 0.6) is 0 Å². The molecule has 4 heavy (non-hydrogen) atoms. The molecule has 0 nitrogen and oxygen atoms in total. The van der Waals surface area contributed by atoms with Crippen LogP contribution in [-0.4, -0.2) is 0 Å². The van der Waals surface area contributed by atoms with Crippen molar-refractivity contribution < 1.29 is 23.3 Å². The van der Waals surface area contributed by atoms with Gasteiger partial charge in [0.25, 0.3) is 0 Å². The second kappa shape index (κ2) is 3.17. The Kier molecular flexibility index (Phi) is 4.74. The molecule has 0 fully saturated rings. The summed E-state index contributed by atoms with van der Waals surface area (Å²) in [6, 6.07) is 0. The molecule has 0 amide bonds. The number of hydrogen-bond acceptors (Lipinski definition) is 0. The van der Waals surface area contributed by atoms with Crippen LogP contribution >= 0.6 is 22.0 Å². The van der Waals surface area contributed by atoms with E-state index in [1.54, 1.807) is 0 Å². The summed E-state index contributed by atoms with van der Waals surface area (Å²) < 4.78 is 0. The second-order valence-electron chi connectivity index (χ2n) is 0.247. The van der Waals surface area contributed by atoms with Crippen LogP contribution < -0.4 is 0 Å². The summed E-state index contributed by atoms with van der Waals surface area (Å²) in [7, 11) is 15.0. The molecule has 0 aromatic carbocycles. The topological polar surface area (TPSA) is 0 Å². The van der Waals surface area contributed by atoms with Crippen LogP contribution in [0.2, 0.25) is 0 Å². The molecule has 0 aliphatic rings. The summed E-state index contributed by atoms with van der Waals surface area (Å²) >= 11 is -2.22. The van der Waals surface area contributed by atoms with Gasteiger partial charge < -0.3 is 0 Å². The van der Waals surface area contributed by atoms with Crippen molar-refractivity contribution in [2.75, 3.05) is 0 Å². The van der Waals surface area contributed by atoms with Gasteiger partial charge in [0, 0.05) is 0 Å². The first kappa shape index (κ1) is 5.97. The van der Waals surface area contributed by atoms with Crippen LogP contribution in [0.15, 0.2) is 0 Å². The Labute approximate surface area is 44.6 Å². The fraction of sp³-hybridized carbons (Fsp3) is 0. The SMILES string of the molecule is [Cl][91Y]([Cl])[Cl]. The van der Waals surface area contributed by atoms with E-state index in [9.17, 15) is 0 Å². The van der Waals surface area contributed by atoms with Gasteiger partial charge >= 0.3 is 45.3 Å². The Balaban J connectivity index is 2.32. The summed E-state index contributed by atoms with van der Waals surface area (Å²) in [6.07, 6.45) is 0. The van der Waals surface area contributed by atoms with E-state index < -0.39 is 23.3 Å². The zero-order valence-electron chi connectivity index (χ0n) is 1.71. The summed E-state index contributed by atoms with van der Waals surface area (Å²) in [6.45, 7) is 0. The van der Waals surface area contributed by atoms with Gasteiger partial charge in [-0.3, -0.25) is 0 Å². The summed E-state index contributed by atoms with van der Waals surface area (Å²) in [5, 5.41) is 0. The van der Waals surface area contributed by atoms with E-state index in [0.717, 1.165) is 0 Å². The maximum absolute atomic E-state index is 5.02. The molecule has 0 saturated carbocycles. The van der Waals surface area contributed by atoms with Crippen molar-refractivity contribution in [1.29, 1.82) is 0 Å². The first-order chi connectivity index (χ1) is 1.73. The molecule has 0 aliphatic heterocycles. The fourth-order valence-electron chi connectivity index (χ4n) is 0. The summed E-state index contributed by atoms with van der Waals surface area (Å²) in [5.74, 6) is 0. The first-order valence-corrected chi connectivity index (χ1v) is 11.6. The Morgan fingerprint density at radius 1 is 1.00 bits per heavy atom. The molecule has 4 heteroatoms. The molecule has 0 aromatic rings. The first-order valence-electron chi connectivity index (χ1n) is 0.655. The molecular weight excluding hydrogens is 197 g/mol.